The number of Topliss-reactive ketones (excluding diaryl/α,β-unsaturated/α-hetero) is 1. The zero-order valence-corrected chi connectivity index (χ0v) is 18.2. The molecule has 0 bridgehead atoms. The van der Waals surface area contributed by atoms with Crippen LogP contribution in [0.25, 0.3) is 0 Å². The lowest BCUT2D eigenvalue weighted by atomic mass is 10.1. The maximum absolute atomic E-state index is 12.2. The number of ether oxygens (including phenoxy) is 2. The first-order chi connectivity index (χ1) is 14.2. The van der Waals surface area contributed by atoms with E-state index in [9.17, 15) is 22.8 Å². The van der Waals surface area contributed by atoms with E-state index in [0.29, 0.717) is 17.9 Å². The van der Waals surface area contributed by atoms with Gasteiger partial charge in [0.15, 0.2) is 12.4 Å². The van der Waals surface area contributed by atoms with Crippen LogP contribution in [0.2, 0.25) is 0 Å². The van der Waals surface area contributed by atoms with Crippen molar-refractivity contribution in [3.05, 3.63) is 29.8 Å². The van der Waals surface area contributed by atoms with Gasteiger partial charge in [-0.2, -0.15) is 4.31 Å². The van der Waals surface area contributed by atoms with E-state index in [4.69, 9.17) is 9.47 Å². The lowest BCUT2D eigenvalue weighted by Crippen LogP contribution is -2.51. The standard InChI is InChI=1S/C20H28N2O7S/c1-3-14-28-17-6-4-16(5-7-17)18(23)8-9-20(25)29-15-19(24)21-10-12-22(13-11-21)30(2,26)27/h4-7H,3,8-15H2,1-2H3. The average molecular weight is 441 g/mol. The fourth-order valence-corrected chi connectivity index (χ4v) is 3.72. The number of benzene rings is 1. The fraction of sp³-hybridized carbons (Fsp3) is 0.550. The summed E-state index contributed by atoms with van der Waals surface area (Å²) in [6.07, 6.45) is 1.88. The third-order valence-corrected chi connectivity index (χ3v) is 5.93. The number of sulfonamides is 1. The summed E-state index contributed by atoms with van der Waals surface area (Å²) in [5.41, 5.74) is 0.478. The lowest BCUT2D eigenvalue weighted by Gasteiger charge is -2.33. The normalized spacial score (nSPS) is 14.9. The van der Waals surface area contributed by atoms with Gasteiger partial charge in [-0.1, -0.05) is 6.92 Å². The van der Waals surface area contributed by atoms with Crippen LogP contribution in [0, 0.1) is 0 Å². The van der Waals surface area contributed by atoms with Gasteiger partial charge in [0, 0.05) is 38.2 Å². The molecule has 0 N–H and O–H groups in total. The summed E-state index contributed by atoms with van der Waals surface area (Å²) in [7, 11) is -3.27. The Labute approximate surface area is 177 Å². The number of hydrogen-bond donors (Lipinski definition) is 0. The summed E-state index contributed by atoms with van der Waals surface area (Å²) in [6.45, 7) is 3.12. The molecule has 0 saturated carbocycles. The second-order valence-electron chi connectivity index (χ2n) is 7.00. The fourth-order valence-electron chi connectivity index (χ4n) is 2.89. The first-order valence-electron chi connectivity index (χ1n) is 9.85. The number of hydrogen-bond acceptors (Lipinski definition) is 7. The van der Waals surface area contributed by atoms with Crippen LogP contribution >= 0.6 is 0 Å². The van der Waals surface area contributed by atoms with Gasteiger partial charge in [-0.25, -0.2) is 8.42 Å². The van der Waals surface area contributed by atoms with Gasteiger partial charge in [0.25, 0.3) is 5.91 Å². The Balaban J connectivity index is 1.69. The van der Waals surface area contributed by atoms with E-state index in [0.717, 1.165) is 12.7 Å². The molecular formula is C20H28N2O7S. The van der Waals surface area contributed by atoms with Crippen molar-refractivity contribution in [1.29, 1.82) is 0 Å². The molecule has 0 unspecified atom stereocenters. The maximum atomic E-state index is 12.2. The molecule has 0 atom stereocenters. The van der Waals surface area contributed by atoms with Gasteiger partial charge in [-0.3, -0.25) is 14.4 Å². The minimum atomic E-state index is -3.27. The maximum Gasteiger partial charge on any atom is 0.306 e. The van der Waals surface area contributed by atoms with E-state index in [-0.39, 0.29) is 50.7 Å². The third-order valence-electron chi connectivity index (χ3n) is 4.62. The highest BCUT2D eigenvalue weighted by atomic mass is 32.2. The molecule has 166 valence electrons. The Morgan fingerprint density at radius 1 is 1.00 bits per heavy atom. The average Bonchev–Trinajstić information content (AvgIpc) is 2.74. The molecule has 1 heterocycles. The second kappa shape index (κ2) is 11.1. The first-order valence-corrected chi connectivity index (χ1v) is 11.7. The summed E-state index contributed by atoms with van der Waals surface area (Å²) in [5, 5.41) is 0. The molecule has 1 saturated heterocycles. The Morgan fingerprint density at radius 2 is 1.63 bits per heavy atom. The molecule has 0 aromatic heterocycles. The summed E-state index contributed by atoms with van der Waals surface area (Å²) in [6, 6.07) is 6.73. The van der Waals surface area contributed by atoms with Gasteiger partial charge in [-0.15, -0.1) is 0 Å². The molecule has 1 aromatic rings. The minimum absolute atomic E-state index is 0.0186. The SMILES string of the molecule is CCCOc1ccc(C(=O)CCC(=O)OCC(=O)N2CCN(S(C)(=O)=O)CC2)cc1. The quantitative estimate of drug-likeness (QED) is 0.395. The molecular weight excluding hydrogens is 412 g/mol. The van der Waals surface area contributed by atoms with Crippen molar-refractivity contribution in [2.24, 2.45) is 0 Å². The highest BCUT2D eigenvalue weighted by Gasteiger charge is 2.26. The van der Waals surface area contributed by atoms with Crippen molar-refractivity contribution in [2.45, 2.75) is 26.2 Å². The van der Waals surface area contributed by atoms with Crippen molar-refractivity contribution in [2.75, 3.05) is 45.6 Å². The minimum Gasteiger partial charge on any atom is -0.494 e. The van der Waals surface area contributed by atoms with Crippen molar-refractivity contribution in [3.63, 3.8) is 0 Å². The molecule has 30 heavy (non-hydrogen) atoms. The third kappa shape index (κ3) is 7.42. The van der Waals surface area contributed by atoms with E-state index in [1.54, 1.807) is 24.3 Å². The van der Waals surface area contributed by atoms with Crippen molar-refractivity contribution in [3.8, 4) is 5.75 Å². The smallest absolute Gasteiger partial charge is 0.306 e. The lowest BCUT2D eigenvalue weighted by molar-refractivity contribution is -0.152. The zero-order chi connectivity index (χ0) is 22.1. The molecule has 1 aliphatic rings. The van der Waals surface area contributed by atoms with Gasteiger partial charge in [0.2, 0.25) is 10.0 Å². The van der Waals surface area contributed by atoms with E-state index >= 15 is 0 Å². The number of carbonyl (C=O) groups is 3. The van der Waals surface area contributed by atoms with Crippen LogP contribution < -0.4 is 4.74 Å². The number of esters is 1. The first kappa shape index (κ1) is 23.8. The Morgan fingerprint density at radius 3 is 2.20 bits per heavy atom. The molecule has 1 amide bonds. The Bertz CT molecular complexity index is 844. The van der Waals surface area contributed by atoms with Crippen LogP contribution in [-0.4, -0.2) is 80.9 Å². The van der Waals surface area contributed by atoms with E-state index in [2.05, 4.69) is 0 Å². The molecule has 0 aliphatic carbocycles. The van der Waals surface area contributed by atoms with E-state index in [1.807, 2.05) is 6.92 Å². The van der Waals surface area contributed by atoms with Crippen LogP contribution in [0.15, 0.2) is 24.3 Å². The predicted octanol–water partition coefficient (Wildman–Crippen LogP) is 1.09. The van der Waals surface area contributed by atoms with E-state index < -0.39 is 22.6 Å². The van der Waals surface area contributed by atoms with Crippen LogP contribution in [0.3, 0.4) is 0 Å². The van der Waals surface area contributed by atoms with Crippen LogP contribution in [-0.2, 0) is 24.3 Å². The number of nitrogens with zero attached hydrogens (tertiary/aromatic N) is 2. The number of ketones is 1. The van der Waals surface area contributed by atoms with Gasteiger partial charge >= 0.3 is 5.97 Å². The van der Waals surface area contributed by atoms with Crippen LogP contribution in [0.5, 0.6) is 5.75 Å². The molecule has 0 spiro atoms. The van der Waals surface area contributed by atoms with Crippen LogP contribution in [0.1, 0.15) is 36.5 Å². The Hall–Kier alpha value is -2.46. The summed E-state index contributed by atoms with van der Waals surface area (Å²) in [5.74, 6) is -0.527. The largest absolute Gasteiger partial charge is 0.494 e. The van der Waals surface area contributed by atoms with Crippen molar-refractivity contribution < 1.29 is 32.3 Å². The molecule has 10 heteroatoms. The van der Waals surface area contributed by atoms with Gasteiger partial charge < -0.3 is 14.4 Å². The highest BCUT2D eigenvalue weighted by molar-refractivity contribution is 7.88. The highest BCUT2D eigenvalue weighted by Crippen LogP contribution is 2.14. The summed E-state index contributed by atoms with van der Waals surface area (Å²) >= 11 is 0. The molecule has 2 rings (SSSR count). The number of rotatable bonds is 10. The number of amides is 1. The number of carbonyl (C=O) groups excluding carboxylic acids is 3. The van der Waals surface area contributed by atoms with Crippen LogP contribution in [0.4, 0.5) is 0 Å². The van der Waals surface area contributed by atoms with Crippen molar-refractivity contribution >= 4 is 27.7 Å². The van der Waals surface area contributed by atoms with E-state index in [1.165, 1.54) is 9.21 Å². The Kier molecular flexibility index (Phi) is 8.79. The topological polar surface area (TPSA) is 110 Å². The molecule has 9 nitrogen and oxygen atoms in total. The summed E-state index contributed by atoms with van der Waals surface area (Å²) < 4.78 is 34.7. The zero-order valence-electron chi connectivity index (χ0n) is 17.3. The number of piperazine rings is 1. The molecule has 0 radical (unpaired) electrons. The van der Waals surface area contributed by atoms with Gasteiger partial charge in [0.1, 0.15) is 5.75 Å². The molecule has 1 aliphatic heterocycles. The van der Waals surface area contributed by atoms with Gasteiger partial charge in [-0.05, 0) is 30.7 Å². The monoisotopic (exact) mass is 440 g/mol. The van der Waals surface area contributed by atoms with Gasteiger partial charge in [0.05, 0.1) is 19.3 Å². The molecule has 1 aromatic carbocycles. The van der Waals surface area contributed by atoms with Crippen molar-refractivity contribution in [1.82, 2.24) is 9.21 Å². The summed E-state index contributed by atoms with van der Waals surface area (Å²) in [4.78, 5) is 37.7. The molecule has 1 fully saturated rings. The predicted molar refractivity (Wildman–Crippen MR) is 110 cm³/mol. The second-order valence-corrected chi connectivity index (χ2v) is 8.98.